The Hall–Kier alpha value is -2.07. The third-order valence-electron chi connectivity index (χ3n) is 3.12. The minimum atomic E-state index is -0.838. The zero-order chi connectivity index (χ0) is 15.2. The molecule has 0 saturated heterocycles. The molecule has 2 rings (SSSR count). The molecule has 1 atom stereocenters. The molecule has 0 aliphatic heterocycles. The van der Waals surface area contributed by atoms with E-state index < -0.39 is 6.10 Å². The van der Waals surface area contributed by atoms with Crippen molar-refractivity contribution in [2.24, 2.45) is 0 Å². The molecule has 112 valence electrons. The highest BCUT2D eigenvalue weighted by atomic mass is 19.1. The largest absolute Gasteiger partial charge is 0.493 e. The number of aliphatic hydroxyl groups is 1. The van der Waals surface area contributed by atoms with Gasteiger partial charge in [0.2, 0.25) is 0 Å². The van der Waals surface area contributed by atoms with Gasteiger partial charge in [0.05, 0.1) is 6.61 Å². The lowest BCUT2D eigenvalue weighted by atomic mass is 10.1. The molecule has 2 aromatic carbocycles. The first kappa shape index (κ1) is 15.3. The van der Waals surface area contributed by atoms with Crippen molar-refractivity contribution in [3.05, 3.63) is 59.4 Å². The number of para-hydroxylation sites is 1. The van der Waals surface area contributed by atoms with E-state index in [2.05, 4.69) is 0 Å². The Balaban J connectivity index is 2.08. The summed E-state index contributed by atoms with van der Waals surface area (Å²) in [5.74, 6) is 0.704. The van der Waals surface area contributed by atoms with Gasteiger partial charge in [-0.1, -0.05) is 24.3 Å². The van der Waals surface area contributed by atoms with Crippen LogP contribution in [0.3, 0.4) is 0 Å². The molecule has 0 aliphatic carbocycles. The number of hydrogen-bond acceptors (Lipinski definition) is 3. The van der Waals surface area contributed by atoms with E-state index >= 15 is 0 Å². The van der Waals surface area contributed by atoms with Crippen LogP contribution in [0.5, 0.6) is 11.5 Å². The van der Waals surface area contributed by atoms with Crippen molar-refractivity contribution in [3.63, 3.8) is 0 Å². The molecule has 0 fully saturated rings. The maximum Gasteiger partial charge on any atom is 0.126 e. The van der Waals surface area contributed by atoms with Gasteiger partial charge >= 0.3 is 0 Å². The van der Waals surface area contributed by atoms with Crippen LogP contribution >= 0.6 is 0 Å². The van der Waals surface area contributed by atoms with Crippen molar-refractivity contribution >= 4 is 0 Å². The SMILES string of the molecule is CCOc1ccccc1C(O)COc1cc(F)ccc1C. The van der Waals surface area contributed by atoms with E-state index in [9.17, 15) is 9.50 Å². The van der Waals surface area contributed by atoms with Crippen molar-refractivity contribution in [2.45, 2.75) is 20.0 Å². The third-order valence-corrected chi connectivity index (χ3v) is 3.12. The second-order valence-electron chi connectivity index (χ2n) is 4.71. The monoisotopic (exact) mass is 290 g/mol. The average molecular weight is 290 g/mol. The van der Waals surface area contributed by atoms with Crippen molar-refractivity contribution in [1.82, 2.24) is 0 Å². The molecule has 0 amide bonds. The quantitative estimate of drug-likeness (QED) is 0.882. The Morgan fingerprint density at radius 3 is 2.62 bits per heavy atom. The first-order valence-corrected chi connectivity index (χ1v) is 6.90. The van der Waals surface area contributed by atoms with Crippen molar-refractivity contribution < 1.29 is 19.0 Å². The van der Waals surface area contributed by atoms with E-state index in [0.717, 1.165) is 5.56 Å². The summed E-state index contributed by atoms with van der Waals surface area (Å²) in [7, 11) is 0. The highest BCUT2D eigenvalue weighted by Crippen LogP contribution is 2.26. The summed E-state index contributed by atoms with van der Waals surface area (Å²) in [6.45, 7) is 4.27. The second kappa shape index (κ2) is 7.09. The number of benzene rings is 2. The molecule has 4 heteroatoms. The van der Waals surface area contributed by atoms with Gasteiger partial charge in [0.15, 0.2) is 0 Å². The molecule has 0 spiro atoms. The van der Waals surface area contributed by atoms with E-state index in [-0.39, 0.29) is 12.4 Å². The normalized spacial score (nSPS) is 12.0. The van der Waals surface area contributed by atoms with Crippen molar-refractivity contribution in [1.29, 1.82) is 0 Å². The van der Waals surface area contributed by atoms with Crippen LogP contribution in [0.15, 0.2) is 42.5 Å². The minimum Gasteiger partial charge on any atom is -0.493 e. The average Bonchev–Trinajstić information content (AvgIpc) is 2.49. The van der Waals surface area contributed by atoms with Crippen LogP contribution in [0.2, 0.25) is 0 Å². The smallest absolute Gasteiger partial charge is 0.126 e. The molecular formula is C17H19FO3. The van der Waals surface area contributed by atoms with Gasteiger partial charge in [0.25, 0.3) is 0 Å². The molecule has 21 heavy (non-hydrogen) atoms. The molecule has 0 aliphatic rings. The predicted molar refractivity (Wildman–Crippen MR) is 79.2 cm³/mol. The van der Waals surface area contributed by atoms with Crippen molar-refractivity contribution in [3.8, 4) is 11.5 Å². The number of hydrogen-bond donors (Lipinski definition) is 1. The van der Waals surface area contributed by atoms with Gasteiger partial charge in [-0.05, 0) is 31.5 Å². The van der Waals surface area contributed by atoms with E-state index in [4.69, 9.17) is 9.47 Å². The predicted octanol–water partition coefficient (Wildman–Crippen LogP) is 3.65. The number of halogens is 1. The molecule has 0 bridgehead atoms. The molecule has 0 radical (unpaired) electrons. The van der Waals surface area contributed by atoms with E-state index in [1.807, 2.05) is 26.0 Å². The Bertz CT molecular complexity index is 598. The topological polar surface area (TPSA) is 38.7 Å². The highest BCUT2D eigenvalue weighted by molar-refractivity contribution is 5.36. The molecule has 0 saturated carbocycles. The molecule has 1 unspecified atom stereocenters. The van der Waals surface area contributed by atoms with Gasteiger partial charge in [-0.15, -0.1) is 0 Å². The number of ether oxygens (including phenoxy) is 2. The molecular weight excluding hydrogens is 271 g/mol. The van der Waals surface area contributed by atoms with Gasteiger partial charge < -0.3 is 14.6 Å². The summed E-state index contributed by atoms with van der Waals surface area (Å²) in [5.41, 5.74) is 1.48. The van der Waals surface area contributed by atoms with Crippen LogP contribution in [0.4, 0.5) is 4.39 Å². The number of rotatable bonds is 6. The Morgan fingerprint density at radius 1 is 1.10 bits per heavy atom. The van der Waals surface area contributed by atoms with Gasteiger partial charge in [0, 0.05) is 11.6 Å². The van der Waals surface area contributed by atoms with Gasteiger partial charge in [-0.3, -0.25) is 0 Å². The van der Waals surface area contributed by atoms with E-state index in [1.54, 1.807) is 18.2 Å². The zero-order valence-electron chi connectivity index (χ0n) is 12.2. The molecule has 0 aromatic heterocycles. The summed E-state index contributed by atoms with van der Waals surface area (Å²) in [5, 5.41) is 10.3. The van der Waals surface area contributed by atoms with Gasteiger partial charge in [-0.2, -0.15) is 0 Å². The molecule has 1 N–H and O–H groups in total. The Kier molecular flexibility index (Phi) is 5.17. The lowest BCUT2D eigenvalue weighted by Gasteiger charge is -2.17. The van der Waals surface area contributed by atoms with E-state index in [0.29, 0.717) is 23.7 Å². The van der Waals surface area contributed by atoms with Crippen LogP contribution in [-0.2, 0) is 0 Å². The Labute approximate surface area is 124 Å². The van der Waals surface area contributed by atoms with Gasteiger partial charge in [0.1, 0.15) is 30.0 Å². The fraction of sp³-hybridized carbons (Fsp3) is 0.294. The summed E-state index contributed by atoms with van der Waals surface area (Å²) < 4.78 is 24.2. The summed E-state index contributed by atoms with van der Waals surface area (Å²) in [4.78, 5) is 0. The van der Waals surface area contributed by atoms with Gasteiger partial charge in [-0.25, -0.2) is 4.39 Å². The summed E-state index contributed by atoms with van der Waals surface area (Å²) >= 11 is 0. The van der Waals surface area contributed by atoms with Crippen molar-refractivity contribution in [2.75, 3.05) is 13.2 Å². The molecule has 3 nitrogen and oxygen atoms in total. The minimum absolute atomic E-state index is 0.0361. The molecule has 2 aromatic rings. The lowest BCUT2D eigenvalue weighted by molar-refractivity contribution is 0.104. The maximum atomic E-state index is 13.2. The third kappa shape index (κ3) is 3.95. The highest BCUT2D eigenvalue weighted by Gasteiger charge is 2.14. The van der Waals surface area contributed by atoms with Crippen LogP contribution in [0.25, 0.3) is 0 Å². The molecule has 0 heterocycles. The first-order chi connectivity index (χ1) is 10.1. The second-order valence-corrected chi connectivity index (χ2v) is 4.71. The van der Waals surface area contributed by atoms with Crippen LogP contribution in [0, 0.1) is 12.7 Å². The zero-order valence-corrected chi connectivity index (χ0v) is 12.2. The fourth-order valence-corrected chi connectivity index (χ4v) is 2.03. The first-order valence-electron chi connectivity index (χ1n) is 6.90. The number of aryl methyl sites for hydroxylation is 1. The maximum absolute atomic E-state index is 13.2. The van der Waals surface area contributed by atoms with Crippen LogP contribution < -0.4 is 9.47 Å². The number of aliphatic hydroxyl groups excluding tert-OH is 1. The fourth-order valence-electron chi connectivity index (χ4n) is 2.03. The standard InChI is InChI=1S/C17H19FO3/c1-3-20-16-7-5-4-6-14(16)15(19)11-21-17-10-13(18)9-8-12(17)2/h4-10,15,19H,3,11H2,1-2H3. The Morgan fingerprint density at radius 2 is 1.86 bits per heavy atom. The summed E-state index contributed by atoms with van der Waals surface area (Å²) in [6.07, 6.45) is -0.838. The van der Waals surface area contributed by atoms with Crippen LogP contribution in [0.1, 0.15) is 24.2 Å². The summed E-state index contributed by atoms with van der Waals surface area (Å²) in [6, 6.07) is 11.6. The lowest BCUT2D eigenvalue weighted by Crippen LogP contribution is -2.12. The van der Waals surface area contributed by atoms with Crippen LogP contribution in [-0.4, -0.2) is 18.3 Å². The van der Waals surface area contributed by atoms with E-state index in [1.165, 1.54) is 12.1 Å².